The Labute approximate surface area is 186 Å². The number of benzene rings is 1. The van der Waals surface area contributed by atoms with Gasteiger partial charge in [0, 0.05) is 45.4 Å². The Morgan fingerprint density at radius 3 is 2.71 bits per heavy atom. The first-order chi connectivity index (χ1) is 13.3. The minimum Gasteiger partial charge on any atom is -0.396 e. The average molecular weight is 505 g/mol. The van der Waals surface area contributed by atoms with Gasteiger partial charge in [-0.2, -0.15) is 0 Å². The van der Waals surface area contributed by atoms with Gasteiger partial charge in [-0.15, -0.1) is 24.0 Å². The lowest BCUT2D eigenvalue weighted by molar-refractivity contribution is 0.127. The highest BCUT2D eigenvalue weighted by atomic mass is 127. The molecule has 0 aliphatic carbocycles. The quantitative estimate of drug-likeness (QED) is 0.176. The number of halogens is 1. The molecule has 160 valence electrons. The van der Waals surface area contributed by atoms with E-state index in [1.54, 1.807) is 7.05 Å². The molecular weight excluding hydrogens is 469 g/mol. The van der Waals surface area contributed by atoms with E-state index in [-0.39, 0.29) is 36.0 Å². The van der Waals surface area contributed by atoms with Crippen LogP contribution in [0.5, 0.6) is 0 Å². The van der Waals surface area contributed by atoms with Gasteiger partial charge in [0.15, 0.2) is 5.96 Å². The molecule has 1 unspecified atom stereocenters. The Balaban J connectivity index is 0.00000392. The topological polar surface area (TPSA) is 75.1 Å². The first-order valence-corrected chi connectivity index (χ1v) is 10.0. The summed E-state index contributed by atoms with van der Waals surface area (Å²) >= 11 is 0. The van der Waals surface area contributed by atoms with Crippen molar-refractivity contribution in [1.29, 1.82) is 0 Å². The molecule has 0 saturated carbocycles. The summed E-state index contributed by atoms with van der Waals surface area (Å²) in [6, 6.07) is 10.4. The van der Waals surface area contributed by atoms with Crippen molar-refractivity contribution in [3.63, 3.8) is 0 Å². The molecule has 0 aromatic heterocycles. The fourth-order valence-corrected chi connectivity index (χ4v) is 3.28. The molecule has 1 fully saturated rings. The van der Waals surface area contributed by atoms with Crippen molar-refractivity contribution in [1.82, 2.24) is 10.6 Å². The predicted octanol–water partition coefficient (Wildman–Crippen LogP) is 2.60. The van der Waals surface area contributed by atoms with Gasteiger partial charge < -0.3 is 25.2 Å². The van der Waals surface area contributed by atoms with Crippen LogP contribution in [0.1, 0.15) is 31.2 Å². The van der Waals surface area contributed by atoms with Crippen LogP contribution in [0.25, 0.3) is 0 Å². The second-order valence-corrected chi connectivity index (χ2v) is 7.18. The average Bonchev–Trinajstić information content (AvgIpc) is 3.16. The van der Waals surface area contributed by atoms with Crippen molar-refractivity contribution < 1.29 is 14.6 Å². The van der Waals surface area contributed by atoms with E-state index in [9.17, 15) is 5.11 Å². The van der Waals surface area contributed by atoms with Gasteiger partial charge >= 0.3 is 0 Å². The first-order valence-electron chi connectivity index (χ1n) is 10.0. The van der Waals surface area contributed by atoms with Crippen molar-refractivity contribution in [3.05, 3.63) is 35.9 Å². The summed E-state index contributed by atoms with van der Waals surface area (Å²) in [7, 11) is 1.78. The predicted molar refractivity (Wildman–Crippen MR) is 125 cm³/mol. The van der Waals surface area contributed by atoms with Crippen LogP contribution in [0.3, 0.4) is 0 Å². The maximum atomic E-state index is 9.30. The van der Waals surface area contributed by atoms with Crippen molar-refractivity contribution in [3.8, 4) is 0 Å². The molecule has 0 radical (unpaired) electrons. The van der Waals surface area contributed by atoms with E-state index in [0.29, 0.717) is 6.61 Å². The Morgan fingerprint density at radius 1 is 1.21 bits per heavy atom. The van der Waals surface area contributed by atoms with E-state index in [4.69, 9.17) is 9.47 Å². The normalized spacial score (nSPS) is 19.3. The smallest absolute Gasteiger partial charge is 0.190 e. The van der Waals surface area contributed by atoms with Crippen LogP contribution in [0.4, 0.5) is 0 Å². The fraction of sp³-hybridized carbons (Fsp3) is 0.667. The van der Waals surface area contributed by atoms with Gasteiger partial charge in [-0.3, -0.25) is 4.99 Å². The van der Waals surface area contributed by atoms with E-state index >= 15 is 0 Å². The monoisotopic (exact) mass is 505 g/mol. The number of aliphatic hydroxyl groups excluding tert-OH is 1. The standard InChI is InChI=1S/C21H35N3O3.HI/c1-22-20(24-17-21(10-13-25)11-16-27-18-21)23-12-5-6-14-26-15-9-19-7-3-2-4-8-19;/h2-4,7-8,25H,5-6,9-18H2,1H3,(H2,22,23,24);1H. The summed E-state index contributed by atoms with van der Waals surface area (Å²) in [5.41, 5.74) is 1.35. The molecule has 2 rings (SSSR count). The lowest BCUT2D eigenvalue weighted by Crippen LogP contribution is -2.44. The molecule has 1 aliphatic rings. The Hall–Kier alpha value is -0.900. The van der Waals surface area contributed by atoms with Crippen LogP contribution in [0.2, 0.25) is 0 Å². The zero-order valence-corrected chi connectivity index (χ0v) is 19.3. The highest BCUT2D eigenvalue weighted by molar-refractivity contribution is 14.0. The molecule has 1 heterocycles. The minimum atomic E-state index is 0. The summed E-state index contributed by atoms with van der Waals surface area (Å²) in [5.74, 6) is 0.809. The van der Waals surface area contributed by atoms with Crippen molar-refractivity contribution in [2.24, 2.45) is 10.4 Å². The maximum absolute atomic E-state index is 9.30. The summed E-state index contributed by atoms with van der Waals surface area (Å²) in [4.78, 5) is 4.28. The minimum absolute atomic E-state index is 0. The molecule has 0 spiro atoms. The summed E-state index contributed by atoms with van der Waals surface area (Å²) in [6.45, 7) is 4.88. The Bertz CT molecular complexity index is 537. The third-order valence-corrected chi connectivity index (χ3v) is 5.07. The fourth-order valence-electron chi connectivity index (χ4n) is 3.28. The summed E-state index contributed by atoms with van der Waals surface area (Å²) < 4.78 is 11.2. The molecule has 1 aromatic rings. The number of nitrogens with one attached hydrogen (secondary N) is 2. The number of aliphatic imine (C=N–C) groups is 1. The highest BCUT2D eigenvalue weighted by Gasteiger charge is 2.34. The van der Waals surface area contributed by atoms with Crippen LogP contribution in [0, 0.1) is 5.41 Å². The second kappa shape index (κ2) is 15.0. The lowest BCUT2D eigenvalue weighted by atomic mass is 9.84. The zero-order chi connectivity index (χ0) is 19.2. The molecular formula is C21H36IN3O3. The van der Waals surface area contributed by atoms with Crippen molar-refractivity contribution >= 4 is 29.9 Å². The molecule has 0 amide bonds. The molecule has 3 N–H and O–H groups in total. The Kier molecular flexibility index (Phi) is 13.5. The van der Waals surface area contributed by atoms with E-state index in [1.165, 1.54) is 5.56 Å². The molecule has 1 atom stereocenters. The largest absolute Gasteiger partial charge is 0.396 e. The number of hydrogen-bond donors (Lipinski definition) is 3. The number of rotatable bonds is 12. The number of nitrogens with zero attached hydrogens (tertiary/aromatic N) is 1. The van der Waals surface area contributed by atoms with Crippen LogP contribution in [-0.4, -0.2) is 64.2 Å². The van der Waals surface area contributed by atoms with Gasteiger partial charge in [-0.1, -0.05) is 30.3 Å². The number of hydrogen-bond acceptors (Lipinski definition) is 4. The summed E-state index contributed by atoms with van der Waals surface area (Å²) in [6.07, 6.45) is 4.78. The first kappa shape index (κ1) is 25.1. The molecule has 1 saturated heterocycles. The molecule has 1 aromatic carbocycles. The van der Waals surface area contributed by atoms with Crippen LogP contribution < -0.4 is 10.6 Å². The van der Waals surface area contributed by atoms with E-state index in [2.05, 4.69) is 39.9 Å². The third-order valence-electron chi connectivity index (χ3n) is 5.07. The number of unbranched alkanes of at least 4 members (excludes halogenated alkanes) is 1. The van der Waals surface area contributed by atoms with Gasteiger partial charge in [-0.05, 0) is 37.7 Å². The maximum Gasteiger partial charge on any atom is 0.190 e. The number of guanidine groups is 1. The SMILES string of the molecule is CN=C(NCCCCOCCc1ccccc1)NCC1(CCO)CCOC1.I. The molecule has 6 nitrogen and oxygen atoms in total. The molecule has 1 aliphatic heterocycles. The van der Waals surface area contributed by atoms with Gasteiger partial charge in [-0.25, -0.2) is 0 Å². The van der Waals surface area contributed by atoms with Crippen LogP contribution in [-0.2, 0) is 15.9 Å². The highest BCUT2D eigenvalue weighted by Crippen LogP contribution is 2.31. The van der Waals surface area contributed by atoms with Crippen LogP contribution >= 0.6 is 24.0 Å². The van der Waals surface area contributed by atoms with Gasteiger partial charge in [0.05, 0.1) is 13.2 Å². The third kappa shape index (κ3) is 9.54. The van der Waals surface area contributed by atoms with Crippen molar-refractivity contribution in [2.45, 2.75) is 32.1 Å². The van der Waals surface area contributed by atoms with E-state index in [1.807, 2.05) is 6.07 Å². The lowest BCUT2D eigenvalue weighted by Gasteiger charge is -2.27. The second-order valence-electron chi connectivity index (χ2n) is 7.18. The number of ether oxygens (including phenoxy) is 2. The van der Waals surface area contributed by atoms with Gasteiger partial charge in [0.1, 0.15) is 0 Å². The van der Waals surface area contributed by atoms with Crippen molar-refractivity contribution in [2.75, 3.05) is 53.2 Å². The zero-order valence-electron chi connectivity index (χ0n) is 17.0. The Morgan fingerprint density at radius 2 is 2.04 bits per heavy atom. The molecule has 28 heavy (non-hydrogen) atoms. The molecule has 0 bridgehead atoms. The van der Waals surface area contributed by atoms with Gasteiger partial charge in [0.25, 0.3) is 0 Å². The van der Waals surface area contributed by atoms with E-state index in [0.717, 1.165) is 71.0 Å². The van der Waals surface area contributed by atoms with Crippen LogP contribution in [0.15, 0.2) is 35.3 Å². The summed E-state index contributed by atoms with van der Waals surface area (Å²) in [5, 5.41) is 16.0. The number of aliphatic hydroxyl groups is 1. The van der Waals surface area contributed by atoms with Gasteiger partial charge in [0.2, 0.25) is 0 Å². The molecule has 7 heteroatoms. The van der Waals surface area contributed by atoms with E-state index < -0.39 is 0 Å².